The van der Waals surface area contributed by atoms with Crippen molar-refractivity contribution in [2.75, 3.05) is 13.7 Å². The molecule has 0 heterocycles. The molecule has 0 aromatic heterocycles. The number of hydrogen-bond acceptors (Lipinski definition) is 3. The molecule has 1 aromatic rings. The SMILES string of the molecule is COc1c(S(=O)(=O)NCC(C)C)ccc(Cl)c1Cl. The second-order valence-corrected chi connectivity index (χ2v) is 6.66. The molecule has 4 nitrogen and oxygen atoms in total. The summed E-state index contributed by atoms with van der Waals surface area (Å²) in [5.41, 5.74) is 0. The standard InChI is InChI=1S/C11H15Cl2NO3S/c1-7(2)6-14-18(15,16)9-5-4-8(12)10(13)11(9)17-3/h4-5,7,14H,6H2,1-3H3. The molecule has 18 heavy (non-hydrogen) atoms. The van der Waals surface area contributed by atoms with Crippen molar-refractivity contribution in [3.8, 4) is 5.75 Å². The summed E-state index contributed by atoms with van der Waals surface area (Å²) in [7, 11) is -2.31. The lowest BCUT2D eigenvalue weighted by Crippen LogP contribution is -2.27. The molecule has 0 radical (unpaired) electrons. The van der Waals surface area contributed by atoms with Gasteiger partial charge < -0.3 is 4.74 Å². The van der Waals surface area contributed by atoms with Crippen LogP contribution in [0, 0.1) is 5.92 Å². The Balaban J connectivity index is 3.20. The summed E-state index contributed by atoms with van der Waals surface area (Å²) in [6.45, 7) is 4.16. The minimum Gasteiger partial charge on any atom is -0.494 e. The van der Waals surface area contributed by atoms with Gasteiger partial charge >= 0.3 is 0 Å². The molecule has 7 heteroatoms. The largest absolute Gasteiger partial charge is 0.494 e. The predicted octanol–water partition coefficient (Wildman–Crippen LogP) is 2.94. The Labute approximate surface area is 117 Å². The molecule has 0 aliphatic heterocycles. The summed E-state index contributed by atoms with van der Waals surface area (Å²) < 4.78 is 31.7. The minimum absolute atomic E-state index is 0.0138. The molecule has 1 N–H and O–H groups in total. The van der Waals surface area contributed by atoms with Crippen molar-refractivity contribution < 1.29 is 13.2 Å². The van der Waals surface area contributed by atoms with E-state index in [1.807, 2.05) is 13.8 Å². The molecule has 1 rings (SSSR count). The molecule has 0 bridgehead atoms. The Morgan fingerprint density at radius 2 is 1.94 bits per heavy atom. The van der Waals surface area contributed by atoms with Gasteiger partial charge in [0.05, 0.1) is 12.1 Å². The lowest BCUT2D eigenvalue weighted by atomic mass is 10.2. The van der Waals surface area contributed by atoms with Crippen molar-refractivity contribution in [3.05, 3.63) is 22.2 Å². The number of ether oxygens (including phenoxy) is 1. The van der Waals surface area contributed by atoms with Gasteiger partial charge in [-0.2, -0.15) is 0 Å². The number of rotatable bonds is 5. The molecule has 1 aromatic carbocycles. The number of hydrogen-bond donors (Lipinski definition) is 1. The molecule has 0 atom stereocenters. The van der Waals surface area contributed by atoms with Gasteiger partial charge in [0.1, 0.15) is 9.92 Å². The van der Waals surface area contributed by atoms with E-state index in [4.69, 9.17) is 27.9 Å². The Hall–Kier alpha value is -0.490. The Morgan fingerprint density at radius 3 is 2.44 bits per heavy atom. The maximum absolute atomic E-state index is 12.1. The highest BCUT2D eigenvalue weighted by molar-refractivity contribution is 7.89. The summed E-state index contributed by atoms with van der Waals surface area (Å²) in [6.07, 6.45) is 0. The van der Waals surface area contributed by atoms with E-state index in [-0.39, 0.29) is 26.6 Å². The number of benzene rings is 1. The lowest BCUT2D eigenvalue weighted by Gasteiger charge is -2.13. The van der Waals surface area contributed by atoms with Gasteiger partial charge in [-0.3, -0.25) is 0 Å². The van der Waals surface area contributed by atoms with Crippen LogP contribution in [0.15, 0.2) is 17.0 Å². The van der Waals surface area contributed by atoms with Gasteiger partial charge in [-0.1, -0.05) is 37.0 Å². The lowest BCUT2D eigenvalue weighted by molar-refractivity contribution is 0.402. The van der Waals surface area contributed by atoms with Crippen LogP contribution in [0.3, 0.4) is 0 Å². The van der Waals surface area contributed by atoms with E-state index in [2.05, 4.69) is 4.72 Å². The van der Waals surface area contributed by atoms with Crippen LogP contribution >= 0.6 is 23.2 Å². The zero-order valence-corrected chi connectivity index (χ0v) is 12.7. The van der Waals surface area contributed by atoms with Crippen LogP contribution in [0.4, 0.5) is 0 Å². The molecule has 102 valence electrons. The van der Waals surface area contributed by atoms with Crippen LogP contribution in [-0.4, -0.2) is 22.1 Å². The van der Waals surface area contributed by atoms with Crippen molar-refractivity contribution in [3.63, 3.8) is 0 Å². The third-order valence-electron chi connectivity index (χ3n) is 2.19. The predicted molar refractivity (Wildman–Crippen MR) is 73.0 cm³/mol. The first kappa shape index (κ1) is 15.6. The maximum Gasteiger partial charge on any atom is 0.244 e. The van der Waals surface area contributed by atoms with Crippen molar-refractivity contribution in [1.29, 1.82) is 0 Å². The van der Waals surface area contributed by atoms with Crippen molar-refractivity contribution >= 4 is 33.2 Å². The Kier molecular flexibility index (Phi) is 5.28. The zero-order chi connectivity index (χ0) is 13.9. The average molecular weight is 312 g/mol. The molecule has 0 saturated heterocycles. The highest BCUT2D eigenvalue weighted by atomic mass is 35.5. The Morgan fingerprint density at radius 1 is 1.33 bits per heavy atom. The van der Waals surface area contributed by atoms with Crippen LogP contribution in [0.5, 0.6) is 5.75 Å². The van der Waals surface area contributed by atoms with Gasteiger partial charge in [0.25, 0.3) is 0 Å². The van der Waals surface area contributed by atoms with Gasteiger partial charge in [-0.05, 0) is 18.1 Å². The summed E-state index contributed by atoms with van der Waals surface area (Å²) in [4.78, 5) is -0.0138. The number of nitrogens with one attached hydrogen (secondary N) is 1. The van der Waals surface area contributed by atoms with E-state index in [0.29, 0.717) is 6.54 Å². The second-order valence-electron chi connectivity index (χ2n) is 4.14. The van der Waals surface area contributed by atoms with Gasteiger partial charge in [0, 0.05) is 6.54 Å². The van der Waals surface area contributed by atoms with Crippen molar-refractivity contribution in [2.24, 2.45) is 5.92 Å². The highest BCUT2D eigenvalue weighted by Crippen LogP contribution is 2.37. The van der Waals surface area contributed by atoms with Crippen LogP contribution < -0.4 is 9.46 Å². The van der Waals surface area contributed by atoms with Crippen molar-refractivity contribution in [1.82, 2.24) is 4.72 Å². The summed E-state index contributed by atoms with van der Waals surface area (Å²) >= 11 is 11.7. The molecule has 0 spiro atoms. The summed E-state index contributed by atoms with van der Waals surface area (Å²) in [5.74, 6) is 0.258. The molecule has 0 fully saturated rings. The van der Waals surface area contributed by atoms with E-state index in [0.717, 1.165) is 0 Å². The summed E-state index contributed by atoms with van der Waals surface area (Å²) in [6, 6.07) is 2.80. The Bertz CT molecular complexity index is 529. The van der Waals surface area contributed by atoms with E-state index >= 15 is 0 Å². The monoisotopic (exact) mass is 311 g/mol. The first-order valence-corrected chi connectivity index (χ1v) is 7.55. The van der Waals surface area contributed by atoms with Crippen LogP contribution in [0.2, 0.25) is 10.0 Å². The van der Waals surface area contributed by atoms with Crippen molar-refractivity contribution in [2.45, 2.75) is 18.7 Å². The molecular weight excluding hydrogens is 297 g/mol. The van der Waals surface area contributed by atoms with E-state index in [9.17, 15) is 8.42 Å². The zero-order valence-electron chi connectivity index (χ0n) is 10.3. The fourth-order valence-electron chi connectivity index (χ4n) is 1.27. The molecule has 0 aliphatic rings. The first-order chi connectivity index (χ1) is 8.29. The number of methoxy groups -OCH3 is 1. The maximum atomic E-state index is 12.1. The molecule has 0 amide bonds. The van der Waals surface area contributed by atoms with E-state index in [1.54, 1.807) is 0 Å². The molecule has 0 saturated carbocycles. The van der Waals surface area contributed by atoms with Gasteiger partial charge in [-0.25, -0.2) is 13.1 Å². The normalized spacial score (nSPS) is 11.9. The van der Waals surface area contributed by atoms with Gasteiger partial charge in [0.15, 0.2) is 5.75 Å². The first-order valence-electron chi connectivity index (χ1n) is 5.31. The fraction of sp³-hybridized carbons (Fsp3) is 0.455. The smallest absolute Gasteiger partial charge is 0.244 e. The van der Waals surface area contributed by atoms with E-state index < -0.39 is 10.0 Å². The van der Waals surface area contributed by atoms with Crippen LogP contribution in [-0.2, 0) is 10.0 Å². The highest BCUT2D eigenvalue weighted by Gasteiger charge is 2.22. The average Bonchev–Trinajstić information content (AvgIpc) is 2.29. The molecule has 0 aliphatic carbocycles. The fourth-order valence-corrected chi connectivity index (χ4v) is 3.10. The third-order valence-corrected chi connectivity index (χ3v) is 4.42. The topological polar surface area (TPSA) is 55.4 Å². The minimum atomic E-state index is -3.66. The number of sulfonamides is 1. The quantitative estimate of drug-likeness (QED) is 0.909. The van der Waals surface area contributed by atoms with Crippen LogP contribution in [0.1, 0.15) is 13.8 Å². The van der Waals surface area contributed by atoms with Crippen LogP contribution in [0.25, 0.3) is 0 Å². The molecular formula is C11H15Cl2NO3S. The third kappa shape index (κ3) is 3.51. The van der Waals surface area contributed by atoms with Gasteiger partial charge in [0.2, 0.25) is 10.0 Å². The summed E-state index contributed by atoms with van der Waals surface area (Å²) in [5, 5.41) is 0.336. The number of halogens is 2. The second kappa shape index (κ2) is 6.10. The van der Waals surface area contributed by atoms with E-state index in [1.165, 1.54) is 19.2 Å². The molecule has 0 unspecified atom stereocenters. The van der Waals surface area contributed by atoms with Gasteiger partial charge in [-0.15, -0.1) is 0 Å².